The van der Waals surface area contributed by atoms with Crippen molar-refractivity contribution in [3.8, 4) is 0 Å². The normalized spacial score (nSPS) is 11.3. The highest BCUT2D eigenvalue weighted by Crippen LogP contribution is 2.22. The van der Waals surface area contributed by atoms with E-state index in [9.17, 15) is 9.18 Å². The molecule has 0 aliphatic carbocycles. The maximum atomic E-state index is 13.3. The average Bonchev–Trinajstić information content (AvgIpc) is 3.17. The fourth-order valence-corrected chi connectivity index (χ4v) is 3.15. The highest BCUT2D eigenvalue weighted by molar-refractivity contribution is 6.06. The predicted molar refractivity (Wildman–Crippen MR) is 95.5 cm³/mol. The summed E-state index contributed by atoms with van der Waals surface area (Å²) in [4.78, 5) is 16.9. The molecule has 0 atom stereocenters. The Morgan fingerprint density at radius 1 is 1.27 bits per heavy atom. The van der Waals surface area contributed by atoms with Crippen molar-refractivity contribution in [2.45, 2.75) is 20.4 Å². The summed E-state index contributed by atoms with van der Waals surface area (Å²) in [5.41, 5.74) is 3.13. The summed E-state index contributed by atoms with van der Waals surface area (Å²) >= 11 is 0. The number of hydrogen-bond donors (Lipinski definition) is 1. The van der Waals surface area contributed by atoms with Crippen LogP contribution in [0, 0.1) is 19.7 Å². The number of aromatic nitrogens is 3. The van der Waals surface area contributed by atoms with E-state index in [4.69, 9.17) is 4.52 Å². The summed E-state index contributed by atoms with van der Waals surface area (Å²) in [6.07, 6.45) is 1.88. The molecule has 0 radical (unpaired) electrons. The molecule has 1 N–H and O–H groups in total. The van der Waals surface area contributed by atoms with Crippen LogP contribution in [0.25, 0.3) is 22.0 Å². The number of amides is 1. The van der Waals surface area contributed by atoms with Crippen LogP contribution in [0.15, 0.2) is 41.1 Å². The Bertz CT molecular complexity index is 1130. The summed E-state index contributed by atoms with van der Waals surface area (Å²) in [6, 6.07) is 8.26. The first-order chi connectivity index (χ1) is 12.5. The summed E-state index contributed by atoms with van der Waals surface area (Å²) in [5, 5.41) is 8.28. The second-order valence-electron chi connectivity index (χ2n) is 6.23. The van der Waals surface area contributed by atoms with E-state index in [1.54, 1.807) is 26.0 Å². The number of aryl methyl sites for hydroxylation is 2. The second-order valence-corrected chi connectivity index (χ2v) is 6.23. The van der Waals surface area contributed by atoms with Crippen molar-refractivity contribution in [2.24, 2.45) is 0 Å². The molecule has 26 heavy (non-hydrogen) atoms. The second kappa shape index (κ2) is 6.25. The number of carbonyl (C=O) groups excluding carboxylic acids is 1. The molecule has 0 saturated carbocycles. The average molecular weight is 352 g/mol. The van der Waals surface area contributed by atoms with Crippen LogP contribution in [0.4, 0.5) is 4.39 Å². The molecule has 4 rings (SSSR count). The minimum atomic E-state index is -0.260. The van der Waals surface area contributed by atoms with Crippen molar-refractivity contribution in [1.82, 2.24) is 20.0 Å². The Balaban J connectivity index is 1.51. The standard InChI is InChI=1S/C19H17FN4O2/c1-11-9-15(17-12(2)23-26-19(17)22-11)18(25)21-6-8-24-7-5-13-10-14(20)3-4-16(13)24/h3-5,7,9-10H,6,8H2,1-2H3,(H,21,25). The van der Waals surface area contributed by atoms with Crippen LogP contribution in [0.5, 0.6) is 0 Å². The molecule has 132 valence electrons. The van der Waals surface area contributed by atoms with Crippen molar-refractivity contribution >= 4 is 27.9 Å². The minimum absolute atomic E-state index is 0.200. The molecule has 0 aliphatic heterocycles. The molecule has 7 heteroatoms. The van der Waals surface area contributed by atoms with E-state index in [2.05, 4.69) is 15.5 Å². The Kier molecular flexibility index (Phi) is 3.91. The summed E-state index contributed by atoms with van der Waals surface area (Å²) < 4.78 is 20.4. The van der Waals surface area contributed by atoms with Crippen LogP contribution < -0.4 is 5.32 Å². The molecule has 0 unspecified atom stereocenters. The van der Waals surface area contributed by atoms with Gasteiger partial charge in [0.15, 0.2) is 0 Å². The highest BCUT2D eigenvalue weighted by Gasteiger charge is 2.17. The molecule has 6 nitrogen and oxygen atoms in total. The van der Waals surface area contributed by atoms with Crippen molar-refractivity contribution < 1.29 is 13.7 Å². The van der Waals surface area contributed by atoms with Gasteiger partial charge in [-0.15, -0.1) is 0 Å². The van der Waals surface area contributed by atoms with Crippen molar-refractivity contribution in [2.75, 3.05) is 6.54 Å². The molecule has 0 aliphatic rings. The van der Waals surface area contributed by atoms with Crippen LogP contribution >= 0.6 is 0 Å². The maximum absolute atomic E-state index is 13.3. The van der Waals surface area contributed by atoms with Gasteiger partial charge in [-0.3, -0.25) is 4.79 Å². The largest absolute Gasteiger partial charge is 0.350 e. The van der Waals surface area contributed by atoms with Crippen molar-refractivity contribution in [3.63, 3.8) is 0 Å². The number of nitrogens with one attached hydrogen (secondary N) is 1. The number of carbonyl (C=O) groups is 1. The van der Waals surface area contributed by atoms with Gasteiger partial charge in [0.1, 0.15) is 5.82 Å². The lowest BCUT2D eigenvalue weighted by Crippen LogP contribution is -2.27. The van der Waals surface area contributed by atoms with Gasteiger partial charge in [0.05, 0.1) is 16.6 Å². The third kappa shape index (κ3) is 2.81. The SMILES string of the molecule is Cc1cc(C(=O)NCCn2ccc3cc(F)ccc32)c2c(C)noc2n1. The Labute approximate surface area is 148 Å². The van der Waals surface area contributed by atoms with Crippen LogP contribution in [0.2, 0.25) is 0 Å². The van der Waals surface area contributed by atoms with Gasteiger partial charge >= 0.3 is 0 Å². The number of halogens is 1. The first kappa shape index (κ1) is 16.3. The lowest BCUT2D eigenvalue weighted by atomic mass is 10.1. The van der Waals surface area contributed by atoms with Crippen LogP contribution in [0.1, 0.15) is 21.7 Å². The van der Waals surface area contributed by atoms with Crippen LogP contribution in [-0.2, 0) is 6.54 Å². The lowest BCUT2D eigenvalue weighted by Gasteiger charge is -2.09. The first-order valence-corrected chi connectivity index (χ1v) is 8.29. The van der Waals surface area contributed by atoms with Gasteiger partial charge in [-0.1, -0.05) is 5.16 Å². The van der Waals surface area contributed by atoms with E-state index >= 15 is 0 Å². The van der Waals surface area contributed by atoms with E-state index < -0.39 is 0 Å². The molecule has 3 heterocycles. The zero-order valence-electron chi connectivity index (χ0n) is 14.4. The van der Waals surface area contributed by atoms with Gasteiger partial charge < -0.3 is 14.4 Å². The lowest BCUT2D eigenvalue weighted by molar-refractivity contribution is 0.0954. The van der Waals surface area contributed by atoms with Gasteiger partial charge in [0.2, 0.25) is 0 Å². The predicted octanol–water partition coefficient (Wildman–Crippen LogP) is 3.36. The Morgan fingerprint density at radius 3 is 2.96 bits per heavy atom. The van der Waals surface area contributed by atoms with Crippen LogP contribution in [0.3, 0.4) is 0 Å². The minimum Gasteiger partial charge on any atom is -0.350 e. The Hall–Kier alpha value is -3.22. The third-order valence-electron chi connectivity index (χ3n) is 4.36. The molecular formula is C19H17FN4O2. The van der Waals surface area contributed by atoms with Gasteiger partial charge in [-0.2, -0.15) is 0 Å². The zero-order chi connectivity index (χ0) is 18.3. The fourth-order valence-electron chi connectivity index (χ4n) is 3.15. The molecule has 0 fully saturated rings. The van der Waals surface area contributed by atoms with Gasteiger partial charge in [-0.05, 0) is 44.2 Å². The van der Waals surface area contributed by atoms with E-state index in [1.165, 1.54) is 12.1 Å². The molecule has 4 aromatic rings. The molecule has 0 saturated heterocycles. The molecule has 1 aromatic carbocycles. The quantitative estimate of drug-likeness (QED) is 0.611. The third-order valence-corrected chi connectivity index (χ3v) is 4.36. The first-order valence-electron chi connectivity index (χ1n) is 8.29. The van der Waals surface area contributed by atoms with Crippen molar-refractivity contribution in [1.29, 1.82) is 0 Å². The van der Waals surface area contributed by atoms with Gasteiger partial charge in [0.25, 0.3) is 11.6 Å². The number of benzene rings is 1. The van der Waals surface area contributed by atoms with E-state index in [1.807, 2.05) is 16.8 Å². The molecule has 1 amide bonds. The van der Waals surface area contributed by atoms with Gasteiger partial charge in [-0.25, -0.2) is 9.37 Å². The van der Waals surface area contributed by atoms with E-state index in [0.29, 0.717) is 41.1 Å². The van der Waals surface area contributed by atoms with Gasteiger partial charge in [0, 0.05) is 35.9 Å². The number of pyridine rings is 1. The smallest absolute Gasteiger partial charge is 0.258 e. The summed E-state index contributed by atoms with van der Waals surface area (Å²) in [5.74, 6) is -0.459. The number of rotatable bonds is 4. The zero-order valence-corrected chi connectivity index (χ0v) is 14.4. The Morgan fingerprint density at radius 2 is 2.12 bits per heavy atom. The summed E-state index contributed by atoms with van der Waals surface area (Å²) in [6.45, 7) is 4.60. The topological polar surface area (TPSA) is 73.0 Å². The molecule has 3 aromatic heterocycles. The van der Waals surface area contributed by atoms with Crippen molar-refractivity contribution in [3.05, 3.63) is 59.3 Å². The highest BCUT2D eigenvalue weighted by atomic mass is 19.1. The number of nitrogens with zero attached hydrogens (tertiary/aromatic N) is 3. The molecule has 0 bridgehead atoms. The number of hydrogen-bond acceptors (Lipinski definition) is 4. The molecule has 0 spiro atoms. The summed E-state index contributed by atoms with van der Waals surface area (Å²) in [7, 11) is 0. The maximum Gasteiger partial charge on any atom is 0.258 e. The number of fused-ring (bicyclic) bond motifs is 2. The monoisotopic (exact) mass is 352 g/mol. The van der Waals surface area contributed by atoms with Crippen LogP contribution in [-0.4, -0.2) is 27.2 Å². The fraction of sp³-hybridized carbons (Fsp3) is 0.211. The van der Waals surface area contributed by atoms with E-state index in [-0.39, 0.29) is 11.7 Å². The van der Waals surface area contributed by atoms with E-state index in [0.717, 1.165) is 10.9 Å². The molecular weight excluding hydrogens is 335 g/mol.